The zero-order valence-corrected chi connectivity index (χ0v) is 15.0. The van der Waals surface area contributed by atoms with Crippen molar-refractivity contribution in [2.24, 2.45) is 0 Å². The number of hydrogen-bond acceptors (Lipinski definition) is 2. The molecule has 3 aromatic rings. The van der Waals surface area contributed by atoms with Crippen LogP contribution < -0.4 is 10.6 Å². The monoisotopic (exact) mass is 358 g/mol. The molecular weight excluding hydrogens is 336 g/mol. The average molecular weight is 358 g/mol. The maximum Gasteiger partial charge on any atom is 0.251 e. The van der Waals surface area contributed by atoms with E-state index in [2.05, 4.69) is 10.6 Å². The highest BCUT2D eigenvalue weighted by Gasteiger charge is 2.22. The van der Waals surface area contributed by atoms with E-state index in [1.165, 1.54) is 0 Å². The summed E-state index contributed by atoms with van der Waals surface area (Å²) in [6.07, 6.45) is 0. The van der Waals surface area contributed by atoms with Crippen LogP contribution in [0.3, 0.4) is 0 Å². The quantitative estimate of drug-likeness (QED) is 0.636. The van der Waals surface area contributed by atoms with E-state index >= 15 is 0 Å². The summed E-state index contributed by atoms with van der Waals surface area (Å²) in [5, 5.41) is 5.75. The standard InChI is InChI=1S/C23H22N2O2/c26-22(20-14-8-3-9-15-20)24-16-17-25-23(27)21(18-10-4-1-5-11-18)19-12-6-2-7-13-19/h1-15,21H,16-17H2,(H,24,26)(H,25,27). The third kappa shape index (κ3) is 5.05. The second-order valence-corrected chi connectivity index (χ2v) is 6.17. The topological polar surface area (TPSA) is 58.2 Å². The second kappa shape index (κ2) is 9.34. The molecule has 136 valence electrons. The molecule has 27 heavy (non-hydrogen) atoms. The van der Waals surface area contributed by atoms with Crippen molar-refractivity contribution in [1.29, 1.82) is 0 Å². The van der Waals surface area contributed by atoms with E-state index in [0.29, 0.717) is 18.7 Å². The largest absolute Gasteiger partial charge is 0.354 e. The fraction of sp³-hybridized carbons (Fsp3) is 0.130. The Morgan fingerprint density at radius 1 is 0.630 bits per heavy atom. The third-order valence-electron chi connectivity index (χ3n) is 4.27. The van der Waals surface area contributed by atoms with Gasteiger partial charge in [-0.15, -0.1) is 0 Å². The zero-order chi connectivity index (χ0) is 18.9. The van der Waals surface area contributed by atoms with Gasteiger partial charge in [-0.1, -0.05) is 78.9 Å². The second-order valence-electron chi connectivity index (χ2n) is 6.17. The first-order chi connectivity index (χ1) is 13.3. The number of hydrogen-bond donors (Lipinski definition) is 2. The molecule has 4 heteroatoms. The predicted molar refractivity (Wildman–Crippen MR) is 107 cm³/mol. The molecule has 0 spiro atoms. The summed E-state index contributed by atoms with van der Waals surface area (Å²) in [4.78, 5) is 24.9. The van der Waals surface area contributed by atoms with Gasteiger partial charge in [0.2, 0.25) is 5.91 Å². The smallest absolute Gasteiger partial charge is 0.251 e. The van der Waals surface area contributed by atoms with Crippen molar-refractivity contribution in [3.63, 3.8) is 0 Å². The van der Waals surface area contributed by atoms with Crippen LogP contribution in [0.1, 0.15) is 27.4 Å². The fourth-order valence-electron chi connectivity index (χ4n) is 2.94. The Kier molecular flexibility index (Phi) is 6.36. The lowest BCUT2D eigenvalue weighted by molar-refractivity contribution is -0.121. The summed E-state index contributed by atoms with van der Waals surface area (Å²) in [7, 11) is 0. The fourth-order valence-corrected chi connectivity index (χ4v) is 2.94. The van der Waals surface area contributed by atoms with Crippen molar-refractivity contribution in [3.05, 3.63) is 108 Å². The summed E-state index contributed by atoms with van der Waals surface area (Å²) in [6.45, 7) is 0.739. The minimum absolute atomic E-state index is 0.0821. The van der Waals surface area contributed by atoms with E-state index in [9.17, 15) is 9.59 Å². The molecule has 3 aromatic carbocycles. The van der Waals surface area contributed by atoms with Crippen LogP contribution in [-0.4, -0.2) is 24.9 Å². The van der Waals surface area contributed by atoms with E-state index in [1.54, 1.807) is 12.1 Å². The number of carbonyl (C=O) groups excluding carboxylic acids is 2. The Morgan fingerprint density at radius 3 is 1.59 bits per heavy atom. The van der Waals surface area contributed by atoms with Gasteiger partial charge in [0.25, 0.3) is 5.91 Å². The number of rotatable bonds is 7. The van der Waals surface area contributed by atoms with Crippen LogP contribution in [0.4, 0.5) is 0 Å². The van der Waals surface area contributed by atoms with E-state index in [-0.39, 0.29) is 17.7 Å². The summed E-state index contributed by atoms with van der Waals surface area (Å²) < 4.78 is 0. The Morgan fingerprint density at radius 2 is 1.07 bits per heavy atom. The minimum Gasteiger partial charge on any atom is -0.354 e. The molecule has 0 fully saturated rings. The van der Waals surface area contributed by atoms with Gasteiger partial charge >= 0.3 is 0 Å². The van der Waals surface area contributed by atoms with E-state index in [1.807, 2.05) is 78.9 Å². The van der Waals surface area contributed by atoms with Crippen LogP contribution in [0.2, 0.25) is 0 Å². The van der Waals surface area contributed by atoms with Crippen LogP contribution in [0.15, 0.2) is 91.0 Å². The maximum atomic E-state index is 12.8. The highest BCUT2D eigenvalue weighted by Crippen LogP contribution is 2.24. The molecule has 0 bridgehead atoms. The van der Waals surface area contributed by atoms with E-state index in [0.717, 1.165) is 11.1 Å². The van der Waals surface area contributed by atoms with E-state index in [4.69, 9.17) is 0 Å². The molecule has 0 aliphatic carbocycles. The molecule has 0 aromatic heterocycles. The number of nitrogens with one attached hydrogen (secondary N) is 2. The highest BCUT2D eigenvalue weighted by atomic mass is 16.2. The summed E-state index contributed by atoms with van der Waals surface area (Å²) in [6, 6.07) is 28.4. The molecular formula is C23H22N2O2. The molecule has 0 radical (unpaired) electrons. The lowest BCUT2D eigenvalue weighted by Gasteiger charge is -2.18. The van der Waals surface area contributed by atoms with Crippen LogP contribution >= 0.6 is 0 Å². The first kappa shape index (κ1) is 18.4. The molecule has 4 nitrogen and oxygen atoms in total. The van der Waals surface area contributed by atoms with Crippen molar-refractivity contribution < 1.29 is 9.59 Å². The predicted octanol–water partition coefficient (Wildman–Crippen LogP) is 3.36. The number of benzene rings is 3. The third-order valence-corrected chi connectivity index (χ3v) is 4.27. The molecule has 0 saturated heterocycles. The van der Waals surface area contributed by atoms with Crippen LogP contribution in [0, 0.1) is 0 Å². The lowest BCUT2D eigenvalue weighted by Crippen LogP contribution is -2.37. The van der Waals surface area contributed by atoms with Gasteiger partial charge in [0.1, 0.15) is 0 Å². The molecule has 3 rings (SSSR count). The maximum absolute atomic E-state index is 12.8. The van der Waals surface area contributed by atoms with Crippen molar-refractivity contribution in [1.82, 2.24) is 10.6 Å². The first-order valence-electron chi connectivity index (χ1n) is 8.96. The summed E-state index contributed by atoms with van der Waals surface area (Å²) in [5.41, 5.74) is 2.49. The molecule has 0 aliphatic rings. The molecule has 0 atom stereocenters. The van der Waals surface area contributed by atoms with Crippen LogP contribution in [0.5, 0.6) is 0 Å². The Labute approximate surface area is 159 Å². The van der Waals surface area contributed by atoms with Gasteiger partial charge in [-0.3, -0.25) is 9.59 Å². The van der Waals surface area contributed by atoms with Crippen LogP contribution in [0.25, 0.3) is 0 Å². The average Bonchev–Trinajstić information content (AvgIpc) is 2.73. The molecule has 0 aliphatic heterocycles. The number of amides is 2. The van der Waals surface area contributed by atoms with Crippen molar-refractivity contribution in [3.8, 4) is 0 Å². The molecule has 0 unspecified atom stereocenters. The number of carbonyl (C=O) groups is 2. The van der Waals surface area contributed by atoms with Gasteiger partial charge < -0.3 is 10.6 Å². The van der Waals surface area contributed by atoms with Gasteiger partial charge in [-0.05, 0) is 23.3 Å². The minimum atomic E-state index is -0.378. The SMILES string of the molecule is O=C(NCCNC(=O)C(c1ccccc1)c1ccccc1)c1ccccc1. The lowest BCUT2D eigenvalue weighted by atomic mass is 9.90. The summed E-state index contributed by atoms with van der Waals surface area (Å²) >= 11 is 0. The van der Waals surface area contributed by atoms with Gasteiger partial charge in [-0.25, -0.2) is 0 Å². The van der Waals surface area contributed by atoms with Crippen molar-refractivity contribution in [2.45, 2.75) is 5.92 Å². The molecule has 0 saturated carbocycles. The first-order valence-corrected chi connectivity index (χ1v) is 8.96. The highest BCUT2D eigenvalue weighted by molar-refractivity contribution is 5.94. The Hall–Kier alpha value is -3.40. The van der Waals surface area contributed by atoms with Gasteiger partial charge in [-0.2, -0.15) is 0 Å². The Bertz CT molecular complexity index is 825. The molecule has 0 heterocycles. The van der Waals surface area contributed by atoms with Crippen LogP contribution in [-0.2, 0) is 4.79 Å². The van der Waals surface area contributed by atoms with Gasteiger partial charge in [0.05, 0.1) is 5.92 Å². The van der Waals surface area contributed by atoms with Gasteiger partial charge in [0.15, 0.2) is 0 Å². The zero-order valence-electron chi connectivity index (χ0n) is 15.0. The molecule has 2 N–H and O–H groups in total. The summed E-state index contributed by atoms with van der Waals surface area (Å²) in [5.74, 6) is -0.605. The molecule has 2 amide bonds. The van der Waals surface area contributed by atoms with E-state index < -0.39 is 0 Å². The van der Waals surface area contributed by atoms with Crippen molar-refractivity contribution in [2.75, 3.05) is 13.1 Å². The van der Waals surface area contributed by atoms with Gasteiger partial charge in [0, 0.05) is 18.7 Å². The van der Waals surface area contributed by atoms with Crippen molar-refractivity contribution >= 4 is 11.8 Å². The Balaban J connectivity index is 1.59. The normalized spacial score (nSPS) is 10.4.